The van der Waals surface area contributed by atoms with Crippen molar-refractivity contribution in [1.29, 1.82) is 0 Å². The molecule has 0 N–H and O–H groups in total. The summed E-state index contributed by atoms with van der Waals surface area (Å²) < 4.78 is 5.47. The summed E-state index contributed by atoms with van der Waals surface area (Å²) in [5, 5.41) is 1.09. The average molecular weight is 276 g/mol. The van der Waals surface area contributed by atoms with Crippen molar-refractivity contribution in [2.45, 2.75) is 38.1 Å². The molecule has 0 aromatic rings. The highest BCUT2D eigenvalue weighted by Gasteiger charge is 2.44. The second-order valence-corrected chi connectivity index (χ2v) is 5.64. The smallest absolute Gasteiger partial charge is 0.0541 e. The molecule has 0 aromatic heterocycles. The monoisotopic (exact) mass is 275 g/mol. The SMILES string of the molecule is COC[C@@]1(CBr)CCCN2CCCC[C@H]21. The van der Waals surface area contributed by atoms with Crippen LogP contribution in [0, 0.1) is 5.41 Å². The molecule has 0 saturated carbocycles. The number of hydrogen-bond donors (Lipinski definition) is 0. The second-order valence-electron chi connectivity index (χ2n) is 5.08. The predicted octanol–water partition coefficient (Wildman–Crippen LogP) is 2.66. The van der Waals surface area contributed by atoms with Crippen molar-refractivity contribution >= 4 is 15.9 Å². The fourth-order valence-electron chi connectivity index (χ4n) is 3.40. The van der Waals surface area contributed by atoms with E-state index in [-0.39, 0.29) is 0 Å². The minimum Gasteiger partial charge on any atom is -0.384 e. The van der Waals surface area contributed by atoms with E-state index in [1.54, 1.807) is 0 Å². The zero-order chi connectivity index (χ0) is 10.7. The molecular weight excluding hydrogens is 254 g/mol. The third-order valence-electron chi connectivity index (χ3n) is 4.14. The van der Waals surface area contributed by atoms with Crippen LogP contribution >= 0.6 is 15.9 Å². The molecule has 2 rings (SSSR count). The number of hydrogen-bond acceptors (Lipinski definition) is 2. The van der Waals surface area contributed by atoms with E-state index < -0.39 is 0 Å². The third kappa shape index (κ3) is 2.25. The number of halogens is 1. The van der Waals surface area contributed by atoms with Crippen LogP contribution in [0.3, 0.4) is 0 Å². The van der Waals surface area contributed by atoms with Crippen molar-refractivity contribution in [2.75, 3.05) is 32.1 Å². The summed E-state index contributed by atoms with van der Waals surface area (Å²) in [5.74, 6) is 0. The Bertz CT molecular complexity index is 206. The molecule has 2 saturated heterocycles. The van der Waals surface area contributed by atoms with Crippen LogP contribution in [0.1, 0.15) is 32.1 Å². The second kappa shape index (κ2) is 5.15. The lowest BCUT2D eigenvalue weighted by Crippen LogP contribution is -2.56. The van der Waals surface area contributed by atoms with Gasteiger partial charge >= 0.3 is 0 Å². The fourth-order valence-corrected chi connectivity index (χ4v) is 4.22. The molecule has 15 heavy (non-hydrogen) atoms. The van der Waals surface area contributed by atoms with E-state index in [1.807, 2.05) is 7.11 Å². The predicted molar refractivity (Wildman–Crippen MR) is 66.5 cm³/mol. The Kier molecular flexibility index (Phi) is 4.08. The third-order valence-corrected chi connectivity index (χ3v) is 5.26. The average Bonchev–Trinajstić information content (AvgIpc) is 2.30. The molecule has 2 aliphatic rings. The summed E-state index contributed by atoms with van der Waals surface area (Å²) in [7, 11) is 1.84. The number of nitrogens with zero attached hydrogens (tertiary/aromatic N) is 1. The van der Waals surface area contributed by atoms with Crippen molar-refractivity contribution in [2.24, 2.45) is 5.41 Å². The lowest BCUT2D eigenvalue weighted by molar-refractivity contribution is -0.0402. The molecule has 0 radical (unpaired) electrons. The van der Waals surface area contributed by atoms with Gasteiger partial charge in [0, 0.05) is 23.9 Å². The lowest BCUT2D eigenvalue weighted by atomic mass is 9.72. The van der Waals surface area contributed by atoms with Crippen LogP contribution in [0.2, 0.25) is 0 Å². The number of alkyl halides is 1. The summed E-state index contributed by atoms with van der Waals surface area (Å²) in [5.41, 5.74) is 0.382. The van der Waals surface area contributed by atoms with E-state index in [0.29, 0.717) is 5.41 Å². The zero-order valence-electron chi connectivity index (χ0n) is 9.67. The van der Waals surface area contributed by atoms with E-state index in [4.69, 9.17) is 4.74 Å². The van der Waals surface area contributed by atoms with Gasteiger partial charge in [0.1, 0.15) is 0 Å². The number of ether oxygens (including phenoxy) is 1. The number of fused-ring (bicyclic) bond motifs is 1. The Labute approximate surface area is 101 Å². The lowest BCUT2D eigenvalue weighted by Gasteiger charge is -2.51. The van der Waals surface area contributed by atoms with E-state index in [2.05, 4.69) is 20.8 Å². The van der Waals surface area contributed by atoms with Gasteiger partial charge in [0.2, 0.25) is 0 Å². The summed E-state index contributed by atoms with van der Waals surface area (Å²) >= 11 is 3.72. The van der Waals surface area contributed by atoms with Gasteiger partial charge in [-0.15, -0.1) is 0 Å². The molecule has 2 fully saturated rings. The van der Waals surface area contributed by atoms with Crippen LogP contribution in [0.15, 0.2) is 0 Å². The summed E-state index contributed by atoms with van der Waals surface area (Å²) in [6.45, 7) is 3.53. The first-order valence-corrected chi connectivity index (χ1v) is 7.23. The maximum atomic E-state index is 5.47. The Balaban J connectivity index is 2.13. The maximum Gasteiger partial charge on any atom is 0.0541 e. The van der Waals surface area contributed by atoms with Gasteiger partial charge in [-0.2, -0.15) is 0 Å². The van der Waals surface area contributed by atoms with Gasteiger partial charge in [0.15, 0.2) is 0 Å². The maximum absolute atomic E-state index is 5.47. The van der Waals surface area contributed by atoms with Gasteiger partial charge in [-0.1, -0.05) is 22.4 Å². The van der Waals surface area contributed by atoms with Gasteiger partial charge in [0.05, 0.1) is 6.61 Å². The molecule has 0 aliphatic carbocycles. The van der Waals surface area contributed by atoms with Crippen molar-refractivity contribution < 1.29 is 4.74 Å². The molecule has 2 heterocycles. The minimum absolute atomic E-state index is 0.382. The van der Waals surface area contributed by atoms with Gasteiger partial charge in [-0.3, -0.25) is 4.90 Å². The van der Waals surface area contributed by atoms with Gasteiger partial charge < -0.3 is 4.74 Å². The van der Waals surface area contributed by atoms with Crippen LogP contribution < -0.4 is 0 Å². The summed E-state index contributed by atoms with van der Waals surface area (Å²) in [4.78, 5) is 2.70. The van der Waals surface area contributed by atoms with Crippen molar-refractivity contribution in [3.05, 3.63) is 0 Å². The number of methoxy groups -OCH3 is 1. The highest BCUT2D eigenvalue weighted by molar-refractivity contribution is 9.09. The molecule has 0 amide bonds. The van der Waals surface area contributed by atoms with E-state index in [9.17, 15) is 0 Å². The van der Waals surface area contributed by atoms with Gasteiger partial charge in [0.25, 0.3) is 0 Å². The fraction of sp³-hybridized carbons (Fsp3) is 1.00. The van der Waals surface area contributed by atoms with Crippen molar-refractivity contribution in [1.82, 2.24) is 4.90 Å². The van der Waals surface area contributed by atoms with E-state index in [1.165, 1.54) is 45.2 Å². The van der Waals surface area contributed by atoms with Crippen LogP contribution in [0.25, 0.3) is 0 Å². The minimum atomic E-state index is 0.382. The Morgan fingerprint density at radius 1 is 1.33 bits per heavy atom. The quantitative estimate of drug-likeness (QED) is 0.735. The largest absolute Gasteiger partial charge is 0.384 e. The van der Waals surface area contributed by atoms with Gasteiger partial charge in [-0.25, -0.2) is 0 Å². The van der Waals surface area contributed by atoms with E-state index >= 15 is 0 Å². The number of piperidine rings is 2. The van der Waals surface area contributed by atoms with Gasteiger partial charge in [-0.05, 0) is 38.8 Å². The molecule has 2 aliphatic heterocycles. The molecule has 2 atom stereocenters. The summed E-state index contributed by atoms with van der Waals surface area (Å²) in [6, 6.07) is 0.763. The van der Waals surface area contributed by atoms with Crippen LogP contribution in [-0.2, 0) is 4.74 Å². The molecule has 0 aromatic carbocycles. The highest BCUT2D eigenvalue weighted by atomic mass is 79.9. The van der Waals surface area contributed by atoms with Crippen LogP contribution in [0.5, 0.6) is 0 Å². The molecular formula is C12H22BrNO. The Morgan fingerprint density at radius 2 is 2.13 bits per heavy atom. The van der Waals surface area contributed by atoms with Crippen LogP contribution in [-0.4, -0.2) is 43.1 Å². The molecule has 88 valence electrons. The molecule has 0 spiro atoms. The number of rotatable bonds is 3. The molecule has 2 nitrogen and oxygen atoms in total. The van der Waals surface area contributed by atoms with Crippen molar-refractivity contribution in [3.63, 3.8) is 0 Å². The van der Waals surface area contributed by atoms with Crippen molar-refractivity contribution in [3.8, 4) is 0 Å². The van der Waals surface area contributed by atoms with Crippen LogP contribution in [0.4, 0.5) is 0 Å². The standard InChI is InChI=1S/C12H22BrNO/c1-15-10-12(9-13)6-4-8-14-7-3-2-5-11(12)14/h11H,2-10H2,1H3/t11-,12-/m0/s1. The Morgan fingerprint density at radius 3 is 2.87 bits per heavy atom. The van der Waals surface area contributed by atoms with E-state index in [0.717, 1.165) is 18.0 Å². The first-order chi connectivity index (χ1) is 7.32. The topological polar surface area (TPSA) is 12.5 Å². The molecule has 3 heteroatoms. The first-order valence-electron chi connectivity index (χ1n) is 6.11. The summed E-state index contributed by atoms with van der Waals surface area (Å²) in [6.07, 6.45) is 6.83. The zero-order valence-corrected chi connectivity index (χ0v) is 11.3. The normalized spacial score (nSPS) is 37.6. The molecule has 0 bridgehead atoms. The highest BCUT2D eigenvalue weighted by Crippen LogP contribution is 2.42. The first kappa shape index (κ1) is 11.9. The Hall–Kier alpha value is 0.400. The molecule has 0 unspecified atom stereocenters.